The van der Waals surface area contributed by atoms with Crippen molar-refractivity contribution in [2.45, 2.75) is 13.2 Å². The van der Waals surface area contributed by atoms with E-state index in [-0.39, 0.29) is 12.5 Å². The van der Waals surface area contributed by atoms with E-state index in [0.717, 1.165) is 16.1 Å². The first-order valence-corrected chi connectivity index (χ1v) is 13.6. The van der Waals surface area contributed by atoms with Crippen LogP contribution >= 0.6 is 0 Å². The molecule has 1 amide bonds. The van der Waals surface area contributed by atoms with Crippen molar-refractivity contribution in [3.05, 3.63) is 120 Å². The largest absolute Gasteiger partial charge is 0.496 e. The van der Waals surface area contributed by atoms with Gasteiger partial charge in [-0.2, -0.15) is 0 Å². The summed E-state index contributed by atoms with van der Waals surface area (Å²) in [6.07, 6.45) is 1.06. The highest BCUT2D eigenvalue weighted by Gasteiger charge is 2.21. The zero-order valence-corrected chi connectivity index (χ0v) is 21.7. The van der Waals surface area contributed by atoms with Crippen LogP contribution in [0.1, 0.15) is 21.5 Å². The van der Waals surface area contributed by atoms with Crippen LogP contribution in [-0.4, -0.2) is 27.7 Å². The Morgan fingerprint density at radius 1 is 0.921 bits per heavy atom. The van der Waals surface area contributed by atoms with Gasteiger partial charge in [0.1, 0.15) is 23.9 Å². The van der Waals surface area contributed by atoms with Gasteiger partial charge in [0.05, 0.1) is 25.6 Å². The molecule has 1 N–H and O–H groups in total. The fourth-order valence-corrected chi connectivity index (χ4v) is 4.66. The molecule has 0 saturated carbocycles. The topological polar surface area (TPSA) is 84.9 Å². The van der Waals surface area contributed by atoms with Gasteiger partial charge in [-0.15, -0.1) is 0 Å². The first-order chi connectivity index (χ1) is 18.2. The minimum Gasteiger partial charge on any atom is -0.496 e. The van der Waals surface area contributed by atoms with Gasteiger partial charge in [-0.1, -0.05) is 30.3 Å². The summed E-state index contributed by atoms with van der Waals surface area (Å²) in [6, 6.07) is 26.7. The van der Waals surface area contributed by atoms with Crippen molar-refractivity contribution in [2.24, 2.45) is 0 Å². The fourth-order valence-electron chi connectivity index (χ4n) is 3.78. The van der Waals surface area contributed by atoms with E-state index in [0.29, 0.717) is 40.6 Å². The highest BCUT2D eigenvalue weighted by atomic mass is 32.2. The van der Waals surface area contributed by atoms with Crippen LogP contribution in [0.5, 0.6) is 11.5 Å². The SMILES string of the molecule is COc1ccc(C(=O)Nc2ccc(OCc3ccccc3)cc2)cc1CN(c1ccc(F)cc1)S(C)(=O)=O. The van der Waals surface area contributed by atoms with Gasteiger partial charge in [-0.25, -0.2) is 12.8 Å². The van der Waals surface area contributed by atoms with E-state index >= 15 is 0 Å². The molecule has 0 atom stereocenters. The van der Waals surface area contributed by atoms with E-state index in [9.17, 15) is 17.6 Å². The summed E-state index contributed by atoms with van der Waals surface area (Å²) in [6.45, 7) is 0.325. The molecule has 196 valence electrons. The van der Waals surface area contributed by atoms with Crippen molar-refractivity contribution >= 4 is 27.3 Å². The number of carbonyl (C=O) groups excluding carboxylic acids is 1. The summed E-state index contributed by atoms with van der Waals surface area (Å²) < 4.78 is 50.8. The lowest BCUT2D eigenvalue weighted by atomic mass is 10.1. The minimum absolute atomic E-state index is 0.109. The Morgan fingerprint density at radius 2 is 1.61 bits per heavy atom. The molecule has 4 aromatic rings. The maximum Gasteiger partial charge on any atom is 0.255 e. The molecule has 0 unspecified atom stereocenters. The molecule has 0 heterocycles. The van der Waals surface area contributed by atoms with Gasteiger partial charge < -0.3 is 14.8 Å². The fraction of sp³-hybridized carbons (Fsp3) is 0.138. The van der Waals surface area contributed by atoms with Crippen molar-refractivity contribution in [1.82, 2.24) is 0 Å². The number of anilines is 2. The number of ether oxygens (including phenoxy) is 2. The molecule has 0 fully saturated rings. The third kappa shape index (κ3) is 6.89. The smallest absolute Gasteiger partial charge is 0.255 e. The predicted molar refractivity (Wildman–Crippen MR) is 146 cm³/mol. The van der Waals surface area contributed by atoms with Crippen LogP contribution in [0.15, 0.2) is 97.1 Å². The molecular weight excluding hydrogens is 507 g/mol. The van der Waals surface area contributed by atoms with Crippen LogP contribution in [0.2, 0.25) is 0 Å². The number of methoxy groups -OCH3 is 1. The Kier molecular flexibility index (Phi) is 8.28. The third-order valence-corrected chi connectivity index (χ3v) is 6.87. The molecule has 0 aromatic heterocycles. The third-order valence-electron chi connectivity index (χ3n) is 5.73. The molecule has 0 aliphatic carbocycles. The summed E-state index contributed by atoms with van der Waals surface area (Å²) >= 11 is 0. The van der Waals surface area contributed by atoms with Crippen molar-refractivity contribution in [3.8, 4) is 11.5 Å². The minimum atomic E-state index is -3.72. The van der Waals surface area contributed by atoms with E-state index in [4.69, 9.17) is 9.47 Å². The van der Waals surface area contributed by atoms with Gasteiger partial charge in [0.15, 0.2) is 0 Å². The van der Waals surface area contributed by atoms with E-state index in [1.54, 1.807) is 42.5 Å². The summed E-state index contributed by atoms with van der Waals surface area (Å²) in [5.74, 6) is 0.228. The van der Waals surface area contributed by atoms with Gasteiger partial charge in [-0.3, -0.25) is 9.10 Å². The van der Waals surface area contributed by atoms with Crippen molar-refractivity contribution < 1.29 is 27.1 Å². The molecule has 9 heteroatoms. The summed E-state index contributed by atoms with van der Waals surface area (Å²) in [7, 11) is -2.26. The molecular formula is C29H27FN2O5S. The standard InChI is InChI=1S/C29H27FN2O5S/c1-36-28-17-8-22(18-23(28)19-32(38(2,34)35)26-13-9-24(30)10-14-26)29(33)31-25-11-15-27(16-12-25)37-20-21-6-4-3-5-7-21/h3-18H,19-20H2,1-2H3,(H,31,33). The number of sulfonamides is 1. The normalized spacial score (nSPS) is 11.0. The number of nitrogens with zero attached hydrogens (tertiary/aromatic N) is 1. The summed E-state index contributed by atoms with van der Waals surface area (Å²) in [5, 5.41) is 2.84. The molecule has 0 saturated heterocycles. The molecule has 4 aromatic carbocycles. The molecule has 4 rings (SSSR count). The van der Waals surface area contributed by atoms with Gasteiger partial charge in [0.2, 0.25) is 10.0 Å². The highest BCUT2D eigenvalue weighted by Crippen LogP contribution is 2.27. The molecule has 0 radical (unpaired) electrons. The first-order valence-electron chi connectivity index (χ1n) is 11.7. The Bertz CT molecular complexity index is 1490. The molecule has 0 aliphatic rings. The quantitative estimate of drug-likeness (QED) is 0.285. The first kappa shape index (κ1) is 26.7. The van der Waals surface area contributed by atoms with Crippen molar-refractivity contribution in [1.29, 1.82) is 0 Å². The molecule has 38 heavy (non-hydrogen) atoms. The lowest BCUT2D eigenvalue weighted by Crippen LogP contribution is -2.29. The second-order valence-corrected chi connectivity index (χ2v) is 10.4. The zero-order valence-electron chi connectivity index (χ0n) is 20.9. The van der Waals surface area contributed by atoms with Gasteiger partial charge in [0, 0.05) is 16.8 Å². The average Bonchev–Trinajstić information content (AvgIpc) is 2.92. The maximum absolute atomic E-state index is 13.4. The van der Waals surface area contributed by atoms with Crippen molar-refractivity contribution in [2.75, 3.05) is 23.0 Å². The van der Waals surface area contributed by atoms with E-state index in [2.05, 4.69) is 5.32 Å². The number of rotatable bonds is 10. The van der Waals surface area contributed by atoms with E-state index < -0.39 is 15.8 Å². The Balaban J connectivity index is 1.48. The van der Waals surface area contributed by atoms with Gasteiger partial charge >= 0.3 is 0 Å². The van der Waals surface area contributed by atoms with Crippen LogP contribution in [0.25, 0.3) is 0 Å². The second kappa shape index (κ2) is 11.8. The number of amides is 1. The highest BCUT2D eigenvalue weighted by molar-refractivity contribution is 7.92. The lowest BCUT2D eigenvalue weighted by Gasteiger charge is -2.24. The molecule has 0 spiro atoms. The lowest BCUT2D eigenvalue weighted by molar-refractivity contribution is 0.102. The van der Waals surface area contributed by atoms with Crippen LogP contribution in [0.4, 0.5) is 15.8 Å². The maximum atomic E-state index is 13.4. The van der Waals surface area contributed by atoms with Crippen molar-refractivity contribution in [3.63, 3.8) is 0 Å². The van der Waals surface area contributed by atoms with Crippen LogP contribution in [0, 0.1) is 5.82 Å². The predicted octanol–water partition coefficient (Wildman–Crippen LogP) is 5.63. The number of hydrogen-bond donors (Lipinski definition) is 1. The second-order valence-electron chi connectivity index (χ2n) is 8.53. The van der Waals surface area contributed by atoms with E-state index in [1.165, 1.54) is 31.4 Å². The van der Waals surface area contributed by atoms with Crippen LogP contribution < -0.4 is 19.1 Å². The summed E-state index contributed by atoms with van der Waals surface area (Å²) in [4.78, 5) is 13.0. The van der Waals surface area contributed by atoms with Crippen LogP contribution in [-0.2, 0) is 23.2 Å². The van der Waals surface area contributed by atoms with Gasteiger partial charge in [-0.05, 0) is 72.3 Å². The summed E-state index contributed by atoms with van der Waals surface area (Å²) in [5.41, 5.74) is 2.70. The number of halogens is 1. The number of benzene rings is 4. The monoisotopic (exact) mass is 534 g/mol. The molecule has 7 nitrogen and oxygen atoms in total. The zero-order chi connectivity index (χ0) is 27.1. The van der Waals surface area contributed by atoms with Crippen LogP contribution in [0.3, 0.4) is 0 Å². The number of nitrogens with one attached hydrogen (secondary N) is 1. The number of hydrogen-bond acceptors (Lipinski definition) is 5. The Morgan fingerprint density at radius 3 is 2.24 bits per heavy atom. The average molecular weight is 535 g/mol. The Labute approximate surface area is 221 Å². The number of carbonyl (C=O) groups is 1. The van der Waals surface area contributed by atoms with Gasteiger partial charge in [0.25, 0.3) is 5.91 Å². The van der Waals surface area contributed by atoms with E-state index in [1.807, 2.05) is 30.3 Å². The molecule has 0 bridgehead atoms. The molecule has 0 aliphatic heterocycles. The Hall–Kier alpha value is -4.37.